The number of Topliss-reactive ketones (excluding diaryl/α,β-unsaturated/α-hetero) is 1. The van der Waals surface area contributed by atoms with Crippen LogP contribution in [0.25, 0.3) is 11.0 Å². The molecule has 1 heterocycles. The minimum Gasteiger partial charge on any atom is -0.481 e. The number of carboxylic acids is 1. The Hall–Kier alpha value is -2.17. The first-order valence-electron chi connectivity index (χ1n) is 7.24. The van der Waals surface area contributed by atoms with E-state index in [0.717, 1.165) is 29.7 Å². The molecule has 5 nitrogen and oxygen atoms in total. The van der Waals surface area contributed by atoms with Crippen LogP contribution in [0, 0.1) is 0 Å². The Balaban J connectivity index is 2.37. The van der Waals surface area contributed by atoms with Crippen molar-refractivity contribution in [2.24, 2.45) is 0 Å². The quantitative estimate of drug-likeness (QED) is 0.795. The SMILES string of the molecule is CCCc1nc2cc(C(C)=O)ccc2n1CCCC(=O)O. The molecule has 1 aromatic heterocycles. The summed E-state index contributed by atoms with van der Waals surface area (Å²) in [5, 5.41) is 8.76. The Morgan fingerprint density at radius 1 is 1.33 bits per heavy atom. The number of ketones is 1. The minimum absolute atomic E-state index is 0.0226. The second-order valence-electron chi connectivity index (χ2n) is 5.19. The minimum atomic E-state index is -0.782. The number of rotatable bonds is 7. The number of carbonyl (C=O) groups excluding carboxylic acids is 1. The van der Waals surface area contributed by atoms with Crippen molar-refractivity contribution in [2.75, 3.05) is 0 Å². The zero-order valence-electron chi connectivity index (χ0n) is 12.4. The van der Waals surface area contributed by atoms with Crippen LogP contribution in [-0.4, -0.2) is 26.4 Å². The second kappa shape index (κ2) is 6.52. The molecule has 0 aliphatic carbocycles. The summed E-state index contributed by atoms with van der Waals surface area (Å²) in [6.07, 6.45) is 2.54. The molecule has 1 aromatic carbocycles. The number of aryl methyl sites for hydroxylation is 2. The van der Waals surface area contributed by atoms with Crippen molar-refractivity contribution in [2.45, 2.75) is 46.1 Å². The number of aliphatic carboxylic acids is 1. The number of fused-ring (bicyclic) bond motifs is 1. The Bertz CT molecular complexity index is 673. The second-order valence-corrected chi connectivity index (χ2v) is 5.19. The Morgan fingerprint density at radius 3 is 2.71 bits per heavy atom. The summed E-state index contributed by atoms with van der Waals surface area (Å²) >= 11 is 0. The van der Waals surface area contributed by atoms with E-state index in [9.17, 15) is 9.59 Å². The summed E-state index contributed by atoms with van der Waals surface area (Å²) in [6.45, 7) is 4.26. The molecule has 2 aromatic rings. The average Bonchev–Trinajstić information content (AvgIpc) is 2.76. The molecule has 0 unspecified atom stereocenters. The van der Waals surface area contributed by atoms with Crippen molar-refractivity contribution in [3.8, 4) is 0 Å². The standard InChI is InChI=1S/C16H20N2O3/c1-3-5-15-17-13-10-12(11(2)19)7-8-14(13)18(15)9-4-6-16(20)21/h7-8,10H,3-6,9H2,1-2H3,(H,20,21). The highest BCUT2D eigenvalue weighted by atomic mass is 16.4. The number of carboxylic acid groups (broad SMARTS) is 1. The molecular formula is C16H20N2O3. The van der Waals surface area contributed by atoms with Gasteiger partial charge >= 0.3 is 5.97 Å². The molecule has 0 atom stereocenters. The van der Waals surface area contributed by atoms with Gasteiger partial charge in [-0.05, 0) is 38.0 Å². The van der Waals surface area contributed by atoms with E-state index in [2.05, 4.69) is 16.5 Å². The van der Waals surface area contributed by atoms with Crippen LogP contribution in [-0.2, 0) is 17.8 Å². The van der Waals surface area contributed by atoms with Crippen molar-refractivity contribution in [3.05, 3.63) is 29.6 Å². The maximum Gasteiger partial charge on any atom is 0.303 e. The van der Waals surface area contributed by atoms with Crippen LogP contribution in [0.4, 0.5) is 0 Å². The number of hydrogen-bond acceptors (Lipinski definition) is 3. The van der Waals surface area contributed by atoms with Gasteiger partial charge in [0.2, 0.25) is 0 Å². The van der Waals surface area contributed by atoms with E-state index < -0.39 is 5.97 Å². The van der Waals surface area contributed by atoms with E-state index in [-0.39, 0.29) is 12.2 Å². The predicted molar refractivity (Wildman–Crippen MR) is 80.6 cm³/mol. The largest absolute Gasteiger partial charge is 0.481 e. The van der Waals surface area contributed by atoms with Crippen LogP contribution in [0.5, 0.6) is 0 Å². The van der Waals surface area contributed by atoms with Gasteiger partial charge in [-0.15, -0.1) is 0 Å². The number of hydrogen-bond donors (Lipinski definition) is 1. The van der Waals surface area contributed by atoms with Crippen molar-refractivity contribution in [1.82, 2.24) is 9.55 Å². The zero-order valence-corrected chi connectivity index (χ0v) is 12.4. The summed E-state index contributed by atoms with van der Waals surface area (Å²) in [6, 6.07) is 5.51. The lowest BCUT2D eigenvalue weighted by atomic mass is 10.1. The lowest BCUT2D eigenvalue weighted by Crippen LogP contribution is -2.06. The summed E-state index contributed by atoms with van der Waals surface area (Å²) in [5.41, 5.74) is 2.43. The summed E-state index contributed by atoms with van der Waals surface area (Å²) in [4.78, 5) is 26.7. The van der Waals surface area contributed by atoms with Crippen molar-refractivity contribution in [3.63, 3.8) is 0 Å². The molecular weight excluding hydrogens is 268 g/mol. The third kappa shape index (κ3) is 3.48. The Morgan fingerprint density at radius 2 is 2.10 bits per heavy atom. The van der Waals surface area contributed by atoms with E-state index in [1.165, 1.54) is 6.92 Å². The fourth-order valence-corrected chi connectivity index (χ4v) is 2.45. The highest BCUT2D eigenvalue weighted by Crippen LogP contribution is 2.20. The molecule has 5 heteroatoms. The molecule has 0 aliphatic heterocycles. The van der Waals surface area contributed by atoms with Crippen LogP contribution in [0.1, 0.15) is 49.3 Å². The van der Waals surface area contributed by atoms with E-state index in [4.69, 9.17) is 5.11 Å². The molecule has 21 heavy (non-hydrogen) atoms. The number of aromatic nitrogens is 2. The molecule has 2 rings (SSSR count). The van der Waals surface area contributed by atoms with Gasteiger partial charge in [0.05, 0.1) is 11.0 Å². The highest BCUT2D eigenvalue weighted by Gasteiger charge is 2.12. The molecule has 0 saturated heterocycles. The number of nitrogens with zero attached hydrogens (tertiary/aromatic N) is 2. The summed E-state index contributed by atoms with van der Waals surface area (Å²) in [5.74, 6) is 0.197. The van der Waals surface area contributed by atoms with Gasteiger partial charge in [0, 0.05) is 24.9 Å². The van der Waals surface area contributed by atoms with Gasteiger partial charge in [0.25, 0.3) is 0 Å². The summed E-state index contributed by atoms with van der Waals surface area (Å²) in [7, 11) is 0. The van der Waals surface area contributed by atoms with Crippen LogP contribution in [0.2, 0.25) is 0 Å². The van der Waals surface area contributed by atoms with Gasteiger partial charge in [-0.3, -0.25) is 9.59 Å². The lowest BCUT2D eigenvalue weighted by Gasteiger charge is -2.07. The van der Waals surface area contributed by atoms with E-state index in [0.29, 0.717) is 18.5 Å². The number of imidazole rings is 1. The molecule has 112 valence electrons. The van der Waals surface area contributed by atoms with Gasteiger partial charge < -0.3 is 9.67 Å². The molecule has 1 N–H and O–H groups in total. The fraction of sp³-hybridized carbons (Fsp3) is 0.438. The number of carbonyl (C=O) groups is 2. The third-order valence-corrected chi connectivity index (χ3v) is 3.48. The van der Waals surface area contributed by atoms with Gasteiger partial charge in [0.15, 0.2) is 5.78 Å². The van der Waals surface area contributed by atoms with E-state index in [1.54, 1.807) is 6.07 Å². The molecule has 0 spiro atoms. The third-order valence-electron chi connectivity index (χ3n) is 3.48. The van der Waals surface area contributed by atoms with Gasteiger partial charge in [-0.2, -0.15) is 0 Å². The first-order chi connectivity index (χ1) is 10.0. The Kier molecular flexibility index (Phi) is 4.73. The van der Waals surface area contributed by atoms with E-state index in [1.807, 2.05) is 12.1 Å². The molecule has 0 amide bonds. The highest BCUT2D eigenvalue weighted by molar-refractivity contribution is 5.97. The average molecular weight is 288 g/mol. The van der Waals surface area contributed by atoms with Gasteiger partial charge in [-0.1, -0.05) is 6.92 Å². The van der Waals surface area contributed by atoms with Crippen LogP contribution in [0.15, 0.2) is 18.2 Å². The number of benzene rings is 1. The van der Waals surface area contributed by atoms with Gasteiger partial charge in [-0.25, -0.2) is 4.98 Å². The maximum atomic E-state index is 11.5. The summed E-state index contributed by atoms with van der Waals surface area (Å²) < 4.78 is 2.08. The Labute approximate surface area is 123 Å². The zero-order chi connectivity index (χ0) is 15.4. The first kappa shape index (κ1) is 15.2. The monoisotopic (exact) mass is 288 g/mol. The smallest absolute Gasteiger partial charge is 0.303 e. The van der Waals surface area contributed by atoms with Crippen molar-refractivity contribution >= 4 is 22.8 Å². The van der Waals surface area contributed by atoms with Crippen molar-refractivity contribution < 1.29 is 14.7 Å². The lowest BCUT2D eigenvalue weighted by molar-refractivity contribution is -0.137. The molecule has 0 bridgehead atoms. The predicted octanol–water partition coefficient (Wildman–Crippen LogP) is 3.06. The molecule has 0 fully saturated rings. The van der Waals surface area contributed by atoms with E-state index >= 15 is 0 Å². The maximum absolute atomic E-state index is 11.5. The van der Waals surface area contributed by atoms with Crippen molar-refractivity contribution in [1.29, 1.82) is 0 Å². The van der Waals surface area contributed by atoms with Crippen LogP contribution in [0.3, 0.4) is 0 Å². The first-order valence-corrected chi connectivity index (χ1v) is 7.24. The van der Waals surface area contributed by atoms with Crippen LogP contribution < -0.4 is 0 Å². The molecule has 0 saturated carbocycles. The van der Waals surface area contributed by atoms with Gasteiger partial charge in [0.1, 0.15) is 5.82 Å². The van der Waals surface area contributed by atoms with Crippen LogP contribution >= 0.6 is 0 Å². The topological polar surface area (TPSA) is 72.2 Å². The molecule has 0 radical (unpaired) electrons. The molecule has 0 aliphatic rings. The normalized spacial score (nSPS) is 11.0. The fourth-order valence-electron chi connectivity index (χ4n) is 2.45.